The SMILES string of the molecule is CCOCOC(=O)C(C)c1cccc(N)c1. The highest BCUT2D eigenvalue weighted by molar-refractivity contribution is 5.78. The van der Waals surface area contributed by atoms with Gasteiger partial charge in [-0.1, -0.05) is 12.1 Å². The van der Waals surface area contributed by atoms with Crippen LogP contribution < -0.4 is 5.73 Å². The van der Waals surface area contributed by atoms with Gasteiger partial charge in [0.1, 0.15) is 0 Å². The smallest absolute Gasteiger partial charge is 0.315 e. The number of anilines is 1. The zero-order valence-electron chi connectivity index (χ0n) is 9.60. The number of benzene rings is 1. The van der Waals surface area contributed by atoms with Crippen LogP contribution in [0.2, 0.25) is 0 Å². The molecule has 1 rings (SSSR count). The molecule has 2 N–H and O–H groups in total. The van der Waals surface area contributed by atoms with E-state index in [0.717, 1.165) is 5.56 Å². The van der Waals surface area contributed by atoms with E-state index in [0.29, 0.717) is 12.3 Å². The minimum atomic E-state index is -0.330. The third-order valence-electron chi connectivity index (χ3n) is 2.25. The highest BCUT2D eigenvalue weighted by Crippen LogP contribution is 2.18. The third-order valence-corrected chi connectivity index (χ3v) is 2.25. The van der Waals surface area contributed by atoms with Gasteiger partial charge in [0.05, 0.1) is 5.92 Å². The molecule has 4 heteroatoms. The summed E-state index contributed by atoms with van der Waals surface area (Å²) in [5.74, 6) is -0.636. The number of carbonyl (C=O) groups is 1. The molecule has 0 aromatic heterocycles. The molecule has 0 radical (unpaired) electrons. The molecule has 0 amide bonds. The third kappa shape index (κ3) is 3.55. The quantitative estimate of drug-likeness (QED) is 0.358. The van der Waals surface area contributed by atoms with Crippen molar-refractivity contribution < 1.29 is 14.3 Å². The predicted molar refractivity (Wildman–Crippen MR) is 61.9 cm³/mol. The molecule has 1 aromatic carbocycles. The van der Waals surface area contributed by atoms with E-state index in [9.17, 15) is 4.79 Å². The lowest BCUT2D eigenvalue weighted by Crippen LogP contribution is -2.15. The lowest BCUT2D eigenvalue weighted by molar-refractivity contribution is -0.157. The van der Waals surface area contributed by atoms with Gasteiger partial charge in [-0.05, 0) is 31.5 Å². The Labute approximate surface area is 95.3 Å². The number of esters is 1. The molecule has 0 heterocycles. The molecule has 0 spiro atoms. The predicted octanol–water partition coefficient (Wildman–Crippen LogP) is 1.91. The average molecular weight is 223 g/mol. The maximum absolute atomic E-state index is 11.6. The minimum Gasteiger partial charge on any atom is -0.438 e. The Bertz CT molecular complexity index is 352. The first-order valence-corrected chi connectivity index (χ1v) is 5.25. The van der Waals surface area contributed by atoms with Crippen LogP contribution in [0.5, 0.6) is 0 Å². The topological polar surface area (TPSA) is 61.5 Å². The van der Waals surface area contributed by atoms with Gasteiger partial charge in [0, 0.05) is 12.3 Å². The fourth-order valence-electron chi connectivity index (χ4n) is 1.27. The number of carbonyl (C=O) groups excluding carboxylic acids is 1. The van der Waals surface area contributed by atoms with Crippen molar-refractivity contribution in [1.29, 1.82) is 0 Å². The van der Waals surface area contributed by atoms with Gasteiger partial charge in [-0.3, -0.25) is 4.79 Å². The number of hydrogen-bond donors (Lipinski definition) is 1. The summed E-state index contributed by atoms with van der Waals surface area (Å²) in [6.45, 7) is 4.15. The van der Waals surface area contributed by atoms with E-state index in [4.69, 9.17) is 15.2 Å². The maximum atomic E-state index is 11.6. The van der Waals surface area contributed by atoms with Crippen molar-refractivity contribution in [2.75, 3.05) is 19.1 Å². The van der Waals surface area contributed by atoms with Gasteiger partial charge in [-0.25, -0.2) is 0 Å². The van der Waals surface area contributed by atoms with E-state index in [1.54, 1.807) is 19.1 Å². The van der Waals surface area contributed by atoms with E-state index in [-0.39, 0.29) is 18.7 Å². The zero-order valence-corrected chi connectivity index (χ0v) is 9.60. The Kier molecular flexibility index (Phi) is 4.79. The molecule has 0 aliphatic carbocycles. The number of hydrogen-bond acceptors (Lipinski definition) is 4. The van der Waals surface area contributed by atoms with E-state index in [1.165, 1.54) is 0 Å². The standard InChI is InChI=1S/C12H17NO3/c1-3-15-8-16-12(14)9(2)10-5-4-6-11(13)7-10/h4-7,9H,3,8,13H2,1-2H3. The molecule has 1 unspecified atom stereocenters. The van der Waals surface area contributed by atoms with Gasteiger partial charge in [0.25, 0.3) is 0 Å². The normalized spacial score (nSPS) is 12.1. The maximum Gasteiger partial charge on any atom is 0.315 e. The summed E-state index contributed by atoms with van der Waals surface area (Å²) in [6, 6.07) is 7.22. The van der Waals surface area contributed by atoms with E-state index < -0.39 is 0 Å². The Morgan fingerprint density at radius 2 is 2.25 bits per heavy atom. The molecule has 16 heavy (non-hydrogen) atoms. The van der Waals surface area contributed by atoms with Crippen molar-refractivity contribution in [3.05, 3.63) is 29.8 Å². The van der Waals surface area contributed by atoms with Crippen LogP contribution in [0.3, 0.4) is 0 Å². The molecule has 4 nitrogen and oxygen atoms in total. The monoisotopic (exact) mass is 223 g/mol. The van der Waals surface area contributed by atoms with Gasteiger partial charge in [0.2, 0.25) is 0 Å². The first-order valence-electron chi connectivity index (χ1n) is 5.25. The zero-order chi connectivity index (χ0) is 12.0. The van der Waals surface area contributed by atoms with Crippen LogP contribution in [0.1, 0.15) is 25.3 Å². The van der Waals surface area contributed by atoms with Crippen LogP contribution in [0.25, 0.3) is 0 Å². The van der Waals surface area contributed by atoms with E-state index in [1.807, 2.05) is 19.1 Å². The second-order valence-corrected chi connectivity index (χ2v) is 3.47. The fraction of sp³-hybridized carbons (Fsp3) is 0.417. The van der Waals surface area contributed by atoms with Crippen LogP contribution >= 0.6 is 0 Å². The van der Waals surface area contributed by atoms with Crippen LogP contribution in [0.15, 0.2) is 24.3 Å². The highest BCUT2D eigenvalue weighted by Gasteiger charge is 2.16. The fourth-order valence-corrected chi connectivity index (χ4v) is 1.27. The molecular weight excluding hydrogens is 206 g/mol. The summed E-state index contributed by atoms with van der Waals surface area (Å²) >= 11 is 0. The first-order chi connectivity index (χ1) is 7.65. The van der Waals surface area contributed by atoms with Crippen molar-refractivity contribution in [1.82, 2.24) is 0 Å². The molecule has 1 aromatic rings. The van der Waals surface area contributed by atoms with Crippen LogP contribution in [0.4, 0.5) is 5.69 Å². The van der Waals surface area contributed by atoms with Crippen LogP contribution in [-0.4, -0.2) is 19.4 Å². The first kappa shape index (κ1) is 12.5. The molecule has 0 aliphatic rings. The Hall–Kier alpha value is -1.55. The lowest BCUT2D eigenvalue weighted by atomic mass is 10.0. The molecular formula is C12H17NO3. The number of rotatable bonds is 5. The van der Waals surface area contributed by atoms with Crippen molar-refractivity contribution in [3.8, 4) is 0 Å². The second kappa shape index (κ2) is 6.12. The summed E-state index contributed by atoms with van der Waals surface area (Å²) in [5, 5.41) is 0. The summed E-state index contributed by atoms with van der Waals surface area (Å²) < 4.78 is 9.88. The van der Waals surface area contributed by atoms with Gasteiger partial charge < -0.3 is 15.2 Å². The summed E-state index contributed by atoms with van der Waals surface area (Å²) in [5.41, 5.74) is 7.13. The Morgan fingerprint density at radius 1 is 1.50 bits per heavy atom. The number of nitrogen functional groups attached to an aromatic ring is 1. The number of nitrogens with two attached hydrogens (primary N) is 1. The number of ether oxygens (including phenoxy) is 2. The van der Waals surface area contributed by atoms with Gasteiger partial charge in [0.15, 0.2) is 6.79 Å². The van der Waals surface area contributed by atoms with Crippen molar-refractivity contribution in [2.45, 2.75) is 19.8 Å². The molecule has 1 atom stereocenters. The molecule has 0 saturated heterocycles. The molecule has 0 aliphatic heterocycles. The van der Waals surface area contributed by atoms with Crippen molar-refractivity contribution in [3.63, 3.8) is 0 Å². The van der Waals surface area contributed by atoms with Crippen molar-refractivity contribution in [2.24, 2.45) is 0 Å². The van der Waals surface area contributed by atoms with Gasteiger partial charge in [-0.2, -0.15) is 0 Å². The minimum absolute atomic E-state index is 0.00197. The largest absolute Gasteiger partial charge is 0.438 e. The summed E-state index contributed by atoms with van der Waals surface area (Å²) in [6.07, 6.45) is 0. The average Bonchev–Trinajstić information content (AvgIpc) is 2.28. The van der Waals surface area contributed by atoms with Crippen molar-refractivity contribution >= 4 is 11.7 Å². The van der Waals surface area contributed by atoms with Gasteiger partial charge >= 0.3 is 5.97 Å². The molecule has 0 saturated carbocycles. The van der Waals surface area contributed by atoms with Gasteiger partial charge in [-0.15, -0.1) is 0 Å². The molecule has 0 fully saturated rings. The molecule has 0 bridgehead atoms. The highest BCUT2D eigenvalue weighted by atomic mass is 16.7. The summed E-state index contributed by atoms with van der Waals surface area (Å²) in [4.78, 5) is 11.6. The van der Waals surface area contributed by atoms with E-state index in [2.05, 4.69) is 0 Å². The van der Waals surface area contributed by atoms with E-state index >= 15 is 0 Å². The summed E-state index contributed by atoms with van der Waals surface area (Å²) in [7, 11) is 0. The Morgan fingerprint density at radius 3 is 2.88 bits per heavy atom. The van der Waals surface area contributed by atoms with Crippen LogP contribution in [0, 0.1) is 0 Å². The lowest BCUT2D eigenvalue weighted by Gasteiger charge is -2.11. The molecule has 88 valence electrons. The Balaban J connectivity index is 2.56. The van der Waals surface area contributed by atoms with Crippen LogP contribution in [-0.2, 0) is 14.3 Å². The second-order valence-electron chi connectivity index (χ2n) is 3.47.